The first-order valence-corrected chi connectivity index (χ1v) is 11.2. The minimum absolute atomic E-state index is 0.0298. The SMILES string of the molecule is COc1cccc(OCCn2c(C3CC(=O)N(c4cccc(C)c4)C3)nc3ccccc32)c1. The molecule has 0 saturated carbocycles. The van der Waals surface area contributed by atoms with Gasteiger partial charge in [0.05, 0.1) is 24.7 Å². The molecule has 168 valence electrons. The summed E-state index contributed by atoms with van der Waals surface area (Å²) in [6.45, 7) is 3.80. The van der Waals surface area contributed by atoms with Crippen LogP contribution in [0.1, 0.15) is 23.7 Å². The zero-order valence-electron chi connectivity index (χ0n) is 18.9. The van der Waals surface area contributed by atoms with Crippen LogP contribution in [0.3, 0.4) is 0 Å². The number of carbonyl (C=O) groups is 1. The molecule has 1 aliphatic heterocycles. The summed E-state index contributed by atoms with van der Waals surface area (Å²) in [6, 6.07) is 23.8. The van der Waals surface area contributed by atoms with Gasteiger partial charge in [0.25, 0.3) is 0 Å². The molecule has 0 radical (unpaired) electrons. The molecule has 1 saturated heterocycles. The summed E-state index contributed by atoms with van der Waals surface area (Å²) >= 11 is 0. The quantitative estimate of drug-likeness (QED) is 0.407. The lowest BCUT2D eigenvalue weighted by molar-refractivity contribution is -0.117. The van der Waals surface area contributed by atoms with Gasteiger partial charge in [0, 0.05) is 30.6 Å². The highest BCUT2D eigenvalue weighted by Gasteiger charge is 2.34. The van der Waals surface area contributed by atoms with E-state index in [4.69, 9.17) is 14.5 Å². The summed E-state index contributed by atoms with van der Waals surface area (Å²) in [5.41, 5.74) is 4.09. The Morgan fingerprint density at radius 1 is 1.00 bits per heavy atom. The zero-order valence-corrected chi connectivity index (χ0v) is 18.9. The number of fused-ring (bicyclic) bond motifs is 1. The lowest BCUT2D eigenvalue weighted by Crippen LogP contribution is -2.24. The predicted octanol–water partition coefficient (Wildman–Crippen LogP) is 4.95. The summed E-state index contributed by atoms with van der Waals surface area (Å²) < 4.78 is 13.5. The van der Waals surface area contributed by atoms with Gasteiger partial charge in [0.1, 0.15) is 23.9 Å². The van der Waals surface area contributed by atoms with Crippen LogP contribution in [0.25, 0.3) is 11.0 Å². The number of aryl methyl sites for hydroxylation is 1. The summed E-state index contributed by atoms with van der Waals surface area (Å²) in [5, 5.41) is 0. The largest absolute Gasteiger partial charge is 0.497 e. The molecule has 1 atom stereocenters. The number of methoxy groups -OCH3 is 1. The van der Waals surface area contributed by atoms with Crippen LogP contribution in [-0.2, 0) is 11.3 Å². The number of para-hydroxylation sites is 2. The molecule has 0 bridgehead atoms. The lowest BCUT2D eigenvalue weighted by Gasteiger charge is -2.18. The van der Waals surface area contributed by atoms with Crippen LogP contribution in [0.5, 0.6) is 11.5 Å². The number of hydrogen-bond acceptors (Lipinski definition) is 4. The van der Waals surface area contributed by atoms with Crippen molar-refractivity contribution in [2.75, 3.05) is 25.2 Å². The number of anilines is 1. The Morgan fingerprint density at radius 2 is 1.82 bits per heavy atom. The van der Waals surface area contributed by atoms with Crippen LogP contribution >= 0.6 is 0 Å². The molecule has 1 fully saturated rings. The van der Waals surface area contributed by atoms with Crippen LogP contribution in [0.2, 0.25) is 0 Å². The first-order valence-electron chi connectivity index (χ1n) is 11.2. The van der Waals surface area contributed by atoms with E-state index < -0.39 is 0 Å². The standard InChI is InChI=1S/C27H27N3O3/c1-19-7-5-8-21(15-19)30-18-20(16-26(30)31)27-28-24-11-3-4-12-25(24)29(27)13-14-33-23-10-6-9-22(17-23)32-2/h3-12,15,17,20H,13-14,16,18H2,1-2H3. The van der Waals surface area contributed by atoms with Crippen molar-refractivity contribution < 1.29 is 14.3 Å². The van der Waals surface area contributed by atoms with Crippen molar-refractivity contribution in [1.29, 1.82) is 0 Å². The summed E-state index contributed by atoms with van der Waals surface area (Å²) in [5.74, 6) is 2.64. The maximum atomic E-state index is 12.9. The molecule has 0 N–H and O–H groups in total. The van der Waals surface area contributed by atoms with Gasteiger partial charge in [-0.1, -0.05) is 30.3 Å². The van der Waals surface area contributed by atoms with E-state index >= 15 is 0 Å². The minimum atomic E-state index is 0.0298. The number of imidazole rings is 1. The third-order valence-electron chi connectivity index (χ3n) is 6.11. The fraction of sp³-hybridized carbons (Fsp3) is 0.259. The van der Waals surface area contributed by atoms with Gasteiger partial charge in [0.15, 0.2) is 0 Å². The van der Waals surface area contributed by atoms with Crippen molar-refractivity contribution in [2.24, 2.45) is 0 Å². The second kappa shape index (κ2) is 8.98. The molecule has 33 heavy (non-hydrogen) atoms. The molecule has 0 aliphatic carbocycles. The normalized spacial score (nSPS) is 15.9. The van der Waals surface area contributed by atoms with E-state index in [9.17, 15) is 4.79 Å². The predicted molar refractivity (Wildman–Crippen MR) is 129 cm³/mol. The van der Waals surface area contributed by atoms with E-state index in [0.29, 0.717) is 26.1 Å². The molecule has 3 aromatic carbocycles. The Hall–Kier alpha value is -3.80. The Labute approximate surface area is 193 Å². The molecule has 5 rings (SSSR count). The van der Waals surface area contributed by atoms with Crippen molar-refractivity contribution in [2.45, 2.75) is 25.8 Å². The first kappa shape index (κ1) is 21.1. The smallest absolute Gasteiger partial charge is 0.227 e. The Bertz CT molecular complexity index is 1300. The van der Waals surface area contributed by atoms with Crippen molar-refractivity contribution in [3.05, 3.63) is 84.2 Å². The highest BCUT2D eigenvalue weighted by atomic mass is 16.5. The molecule has 1 aromatic heterocycles. The summed E-state index contributed by atoms with van der Waals surface area (Å²) in [6.07, 6.45) is 0.452. The van der Waals surface area contributed by atoms with Gasteiger partial charge in [-0.05, 0) is 48.9 Å². The topological polar surface area (TPSA) is 56.6 Å². The van der Waals surface area contributed by atoms with Gasteiger partial charge in [-0.3, -0.25) is 4.79 Å². The molecule has 1 aliphatic rings. The first-order chi connectivity index (χ1) is 16.1. The summed E-state index contributed by atoms with van der Waals surface area (Å²) in [4.78, 5) is 19.7. The van der Waals surface area contributed by atoms with Crippen LogP contribution in [0.4, 0.5) is 5.69 Å². The van der Waals surface area contributed by atoms with Crippen molar-refractivity contribution in [3.8, 4) is 11.5 Å². The van der Waals surface area contributed by atoms with E-state index in [2.05, 4.69) is 16.7 Å². The van der Waals surface area contributed by atoms with Crippen LogP contribution in [-0.4, -0.2) is 35.7 Å². The molecular weight excluding hydrogens is 414 g/mol. The highest BCUT2D eigenvalue weighted by molar-refractivity contribution is 5.96. The Balaban J connectivity index is 1.39. The second-order valence-electron chi connectivity index (χ2n) is 8.38. The van der Waals surface area contributed by atoms with Gasteiger partial charge < -0.3 is 18.9 Å². The highest BCUT2D eigenvalue weighted by Crippen LogP contribution is 2.33. The number of nitrogens with zero attached hydrogens (tertiary/aromatic N) is 3. The van der Waals surface area contributed by atoms with Crippen LogP contribution in [0, 0.1) is 6.92 Å². The third-order valence-corrected chi connectivity index (χ3v) is 6.11. The monoisotopic (exact) mass is 441 g/mol. The van der Waals surface area contributed by atoms with E-state index in [1.807, 2.05) is 72.5 Å². The van der Waals surface area contributed by atoms with E-state index in [0.717, 1.165) is 39.6 Å². The molecule has 2 heterocycles. The Kier molecular flexibility index (Phi) is 5.73. The van der Waals surface area contributed by atoms with Crippen molar-refractivity contribution >= 4 is 22.6 Å². The fourth-order valence-electron chi connectivity index (χ4n) is 4.51. The number of amides is 1. The number of hydrogen-bond donors (Lipinski definition) is 0. The molecular formula is C27H27N3O3. The molecule has 0 spiro atoms. The molecule has 4 aromatic rings. The Morgan fingerprint density at radius 3 is 2.67 bits per heavy atom. The number of carbonyl (C=O) groups excluding carboxylic acids is 1. The molecule has 6 nitrogen and oxygen atoms in total. The fourth-order valence-corrected chi connectivity index (χ4v) is 4.51. The van der Waals surface area contributed by atoms with Crippen molar-refractivity contribution in [1.82, 2.24) is 9.55 Å². The average molecular weight is 442 g/mol. The third kappa shape index (κ3) is 4.29. The number of benzene rings is 3. The maximum absolute atomic E-state index is 12.9. The number of rotatable bonds is 7. The zero-order chi connectivity index (χ0) is 22.8. The molecule has 1 unspecified atom stereocenters. The van der Waals surface area contributed by atoms with Gasteiger partial charge in [-0.2, -0.15) is 0 Å². The van der Waals surface area contributed by atoms with Crippen LogP contribution in [0.15, 0.2) is 72.8 Å². The van der Waals surface area contributed by atoms with E-state index in [-0.39, 0.29) is 11.8 Å². The van der Waals surface area contributed by atoms with E-state index in [1.165, 1.54) is 0 Å². The maximum Gasteiger partial charge on any atom is 0.227 e. The number of aromatic nitrogens is 2. The van der Waals surface area contributed by atoms with Crippen molar-refractivity contribution in [3.63, 3.8) is 0 Å². The number of ether oxygens (including phenoxy) is 2. The molecule has 1 amide bonds. The lowest BCUT2D eigenvalue weighted by atomic mass is 10.1. The van der Waals surface area contributed by atoms with E-state index in [1.54, 1.807) is 7.11 Å². The molecule has 6 heteroatoms. The second-order valence-corrected chi connectivity index (χ2v) is 8.38. The summed E-state index contributed by atoms with van der Waals surface area (Å²) in [7, 11) is 1.64. The average Bonchev–Trinajstić information content (AvgIpc) is 3.40. The van der Waals surface area contributed by atoms with Gasteiger partial charge in [-0.15, -0.1) is 0 Å². The van der Waals surface area contributed by atoms with Gasteiger partial charge in [0.2, 0.25) is 5.91 Å². The van der Waals surface area contributed by atoms with Gasteiger partial charge >= 0.3 is 0 Å². The minimum Gasteiger partial charge on any atom is -0.497 e. The van der Waals surface area contributed by atoms with Gasteiger partial charge in [-0.25, -0.2) is 4.98 Å². The van der Waals surface area contributed by atoms with Crippen LogP contribution < -0.4 is 14.4 Å².